The predicted octanol–water partition coefficient (Wildman–Crippen LogP) is 3.95. The summed E-state index contributed by atoms with van der Waals surface area (Å²) in [5.74, 6) is -0.0215. The van der Waals surface area contributed by atoms with Crippen molar-refractivity contribution in [3.63, 3.8) is 0 Å². The zero-order valence-corrected chi connectivity index (χ0v) is 22.4. The molecular formula is C29H41N3O5. The van der Waals surface area contributed by atoms with Gasteiger partial charge in [-0.25, -0.2) is 0 Å². The van der Waals surface area contributed by atoms with Gasteiger partial charge in [0, 0.05) is 36.9 Å². The third-order valence-electron chi connectivity index (χ3n) is 6.75. The van der Waals surface area contributed by atoms with Crippen LogP contribution in [0.2, 0.25) is 0 Å². The molecule has 0 unspecified atom stereocenters. The number of likely N-dealkylation sites (N-methyl/N-ethyl adjacent to an activating group) is 1. The lowest BCUT2D eigenvalue weighted by molar-refractivity contribution is -0.000452. The van der Waals surface area contributed by atoms with Crippen LogP contribution in [0.25, 0.3) is 0 Å². The van der Waals surface area contributed by atoms with E-state index in [0.29, 0.717) is 42.3 Å². The number of aliphatic hydroxyl groups is 1. The lowest BCUT2D eigenvalue weighted by Gasteiger charge is -2.34. The standard InChI is InChI=1S/C29H41N3O5/c1-20-18-32(21(2)19-33)29(35)25-16-24(31-28(34)23-11-6-5-7-12-23)13-14-26(25)37-22(3)10-8-9-15-36-27(20)17-30-4/h5-7,11-14,16,20-22,27,30,33H,8-10,15,17-19H2,1-4H3,(H,31,34)/t20-,21-,22+,27-/m1/s1. The molecule has 8 nitrogen and oxygen atoms in total. The summed E-state index contributed by atoms with van der Waals surface area (Å²) in [5.41, 5.74) is 1.38. The molecule has 0 radical (unpaired) electrons. The molecule has 2 aromatic rings. The number of nitrogens with zero attached hydrogens (tertiary/aromatic N) is 1. The maximum absolute atomic E-state index is 14.0. The zero-order valence-electron chi connectivity index (χ0n) is 22.4. The van der Waals surface area contributed by atoms with Crippen LogP contribution in [0.1, 0.15) is 60.7 Å². The Morgan fingerprint density at radius 3 is 2.62 bits per heavy atom. The Morgan fingerprint density at radius 1 is 1.16 bits per heavy atom. The fourth-order valence-electron chi connectivity index (χ4n) is 4.48. The van der Waals surface area contributed by atoms with Gasteiger partial charge >= 0.3 is 0 Å². The van der Waals surface area contributed by atoms with E-state index in [1.165, 1.54) is 0 Å². The molecule has 0 aromatic heterocycles. The molecule has 3 N–H and O–H groups in total. The van der Waals surface area contributed by atoms with Gasteiger partial charge in [-0.15, -0.1) is 0 Å². The summed E-state index contributed by atoms with van der Waals surface area (Å²) in [7, 11) is 1.89. The van der Waals surface area contributed by atoms with Gasteiger partial charge in [0.15, 0.2) is 0 Å². The first-order chi connectivity index (χ1) is 17.8. The van der Waals surface area contributed by atoms with Crippen molar-refractivity contribution in [2.75, 3.05) is 38.7 Å². The molecular weight excluding hydrogens is 470 g/mol. The Bertz CT molecular complexity index is 1020. The third-order valence-corrected chi connectivity index (χ3v) is 6.75. The van der Waals surface area contributed by atoms with Gasteiger partial charge in [-0.3, -0.25) is 9.59 Å². The lowest BCUT2D eigenvalue weighted by atomic mass is 10.0. The number of ether oxygens (including phenoxy) is 2. The van der Waals surface area contributed by atoms with E-state index in [-0.39, 0.29) is 36.5 Å². The SMILES string of the molecule is CNC[C@H]1OCCCC[C@H](C)Oc2ccc(NC(=O)c3ccccc3)cc2C(=O)N([C@H](C)CO)C[C@H]1C. The highest BCUT2D eigenvalue weighted by atomic mass is 16.5. The Labute approximate surface area is 220 Å². The van der Waals surface area contributed by atoms with Gasteiger partial charge < -0.3 is 30.1 Å². The van der Waals surface area contributed by atoms with Crippen molar-refractivity contribution < 1.29 is 24.2 Å². The first-order valence-corrected chi connectivity index (χ1v) is 13.2. The number of rotatable bonds is 6. The second-order valence-electron chi connectivity index (χ2n) is 9.89. The molecule has 0 spiro atoms. The number of carbonyl (C=O) groups excluding carboxylic acids is 2. The number of nitrogens with one attached hydrogen (secondary N) is 2. The van der Waals surface area contributed by atoms with Gasteiger partial charge in [-0.1, -0.05) is 25.1 Å². The Balaban J connectivity index is 1.97. The molecule has 8 heteroatoms. The summed E-state index contributed by atoms with van der Waals surface area (Å²) in [4.78, 5) is 28.4. The van der Waals surface area contributed by atoms with Crippen LogP contribution in [0.15, 0.2) is 48.5 Å². The number of fused-ring (bicyclic) bond motifs is 1. The monoisotopic (exact) mass is 511 g/mol. The summed E-state index contributed by atoms with van der Waals surface area (Å²) >= 11 is 0. The van der Waals surface area contributed by atoms with Crippen LogP contribution in [-0.2, 0) is 4.74 Å². The van der Waals surface area contributed by atoms with E-state index in [1.54, 1.807) is 47.4 Å². The highest BCUT2D eigenvalue weighted by Gasteiger charge is 2.29. The second-order valence-corrected chi connectivity index (χ2v) is 9.89. The van der Waals surface area contributed by atoms with Crippen LogP contribution in [0, 0.1) is 5.92 Å². The fraction of sp³-hybridized carbons (Fsp3) is 0.517. The van der Waals surface area contributed by atoms with E-state index in [2.05, 4.69) is 17.6 Å². The van der Waals surface area contributed by atoms with E-state index in [1.807, 2.05) is 27.0 Å². The second kappa shape index (κ2) is 14.1. The summed E-state index contributed by atoms with van der Waals surface area (Å²) in [6.45, 7) is 7.43. The van der Waals surface area contributed by atoms with Gasteiger partial charge in [-0.05, 0) is 70.5 Å². The molecule has 2 aromatic carbocycles. The third kappa shape index (κ3) is 8.02. The minimum atomic E-state index is -0.411. The molecule has 0 saturated heterocycles. The first kappa shape index (κ1) is 28.6. The Hall–Kier alpha value is -2.94. The first-order valence-electron chi connectivity index (χ1n) is 13.2. The molecule has 202 valence electrons. The van der Waals surface area contributed by atoms with E-state index >= 15 is 0 Å². The van der Waals surface area contributed by atoms with E-state index in [9.17, 15) is 14.7 Å². The van der Waals surface area contributed by atoms with Gasteiger partial charge in [0.05, 0.1) is 30.4 Å². The van der Waals surface area contributed by atoms with Gasteiger partial charge in [-0.2, -0.15) is 0 Å². The van der Waals surface area contributed by atoms with Gasteiger partial charge in [0.25, 0.3) is 11.8 Å². The molecule has 1 heterocycles. The summed E-state index contributed by atoms with van der Waals surface area (Å²) in [5, 5.41) is 16.1. The molecule has 0 saturated carbocycles. The molecule has 0 bridgehead atoms. The van der Waals surface area contributed by atoms with E-state index in [0.717, 1.165) is 19.3 Å². The lowest BCUT2D eigenvalue weighted by Crippen LogP contribution is -2.47. The molecule has 4 atom stereocenters. The number of hydrogen-bond acceptors (Lipinski definition) is 6. The normalized spacial score (nSPS) is 22.4. The van der Waals surface area contributed by atoms with Crippen molar-refractivity contribution >= 4 is 17.5 Å². The van der Waals surface area contributed by atoms with Crippen molar-refractivity contribution in [2.45, 2.75) is 58.3 Å². The number of aliphatic hydroxyl groups excluding tert-OH is 1. The topological polar surface area (TPSA) is 100 Å². The number of amides is 2. The van der Waals surface area contributed by atoms with Crippen LogP contribution in [0.3, 0.4) is 0 Å². The van der Waals surface area contributed by atoms with Crippen LogP contribution in [0.5, 0.6) is 5.75 Å². The van der Waals surface area contributed by atoms with E-state index < -0.39 is 6.04 Å². The average molecular weight is 512 g/mol. The summed E-state index contributed by atoms with van der Waals surface area (Å²) in [6.07, 6.45) is 2.53. The smallest absolute Gasteiger partial charge is 0.258 e. The van der Waals surface area contributed by atoms with E-state index in [4.69, 9.17) is 9.47 Å². The highest BCUT2D eigenvalue weighted by molar-refractivity contribution is 6.05. The maximum Gasteiger partial charge on any atom is 0.258 e. The Kier molecular flexibility index (Phi) is 10.9. The summed E-state index contributed by atoms with van der Waals surface area (Å²) in [6, 6.07) is 13.7. The van der Waals surface area contributed by atoms with Crippen LogP contribution in [0.4, 0.5) is 5.69 Å². The van der Waals surface area contributed by atoms with Crippen LogP contribution in [-0.4, -0.2) is 73.4 Å². The van der Waals surface area contributed by atoms with Crippen molar-refractivity contribution in [3.05, 3.63) is 59.7 Å². The fourth-order valence-corrected chi connectivity index (χ4v) is 4.48. The zero-order chi connectivity index (χ0) is 26.8. The predicted molar refractivity (Wildman–Crippen MR) is 145 cm³/mol. The molecule has 37 heavy (non-hydrogen) atoms. The number of benzene rings is 2. The summed E-state index contributed by atoms with van der Waals surface area (Å²) < 4.78 is 12.4. The minimum absolute atomic E-state index is 0.0256. The van der Waals surface area contributed by atoms with Crippen LogP contribution >= 0.6 is 0 Å². The quantitative estimate of drug-likeness (QED) is 0.543. The molecule has 1 aliphatic rings. The van der Waals surface area contributed by atoms with Crippen molar-refractivity contribution in [1.82, 2.24) is 10.2 Å². The maximum atomic E-state index is 14.0. The number of anilines is 1. The largest absolute Gasteiger partial charge is 0.490 e. The van der Waals surface area contributed by atoms with Crippen molar-refractivity contribution in [1.29, 1.82) is 0 Å². The molecule has 0 aliphatic carbocycles. The van der Waals surface area contributed by atoms with Gasteiger partial charge in [0.2, 0.25) is 0 Å². The number of carbonyl (C=O) groups is 2. The molecule has 2 amide bonds. The average Bonchev–Trinajstić information content (AvgIpc) is 2.90. The Morgan fingerprint density at radius 2 is 1.92 bits per heavy atom. The molecule has 0 fully saturated rings. The van der Waals surface area contributed by atoms with Crippen LogP contribution < -0.4 is 15.4 Å². The molecule has 3 rings (SSSR count). The van der Waals surface area contributed by atoms with Gasteiger partial charge in [0.1, 0.15) is 5.75 Å². The van der Waals surface area contributed by atoms with Crippen molar-refractivity contribution in [2.24, 2.45) is 5.92 Å². The van der Waals surface area contributed by atoms with Crippen molar-refractivity contribution in [3.8, 4) is 5.75 Å². The molecule has 1 aliphatic heterocycles. The number of hydrogen-bond donors (Lipinski definition) is 3. The minimum Gasteiger partial charge on any atom is -0.490 e. The highest BCUT2D eigenvalue weighted by Crippen LogP contribution is 2.28.